The molecule has 2 rings (SSSR count). The molecule has 0 aliphatic carbocycles. The van der Waals surface area contributed by atoms with Crippen molar-refractivity contribution in [2.24, 2.45) is 0 Å². The van der Waals surface area contributed by atoms with Crippen molar-refractivity contribution in [1.29, 1.82) is 0 Å². The molecule has 0 bridgehead atoms. The van der Waals surface area contributed by atoms with Gasteiger partial charge >= 0.3 is 0 Å². The van der Waals surface area contributed by atoms with Crippen LogP contribution in [-0.4, -0.2) is 18.0 Å². The highest BCUT2D eigenvalue weighted by atomic mass is 28.3. The standard InChI is InChI=1S/C13H16N2Si/c1-16(2,13-6-4-3-5-7-13)11-12-10-14-8-9-15-12/h3-10H,11H2,1-2H3. The molecule has 1 heterocycles. The zero-order valence-corrected chi connectivity index (χ0v) is 10.7. The minimum Gasteiger partial charge on any atom is -0.261 e. The number of hydrogen-bond acceptors (Lipinski definition) is 2. The van der Waals surface area contributed by atoms with Gasteiger partial charge in [-0.1, -0.05) is 48.6 Å². The number of aromatic nitrogens is 2. The maximum Gasteiger partial charge on any atom is 0.0865 e. The van der Waals surface area contributed by atoms with E-state index in [4.69, 9.17) is 0 Å². The summed E-state index contributed by atoms with van der Waals surface area (Å²) < 4.78 is 0. The lowest BCUT2D eigenvalue weighted by Gasteiger charge is -2.22. The summed E-state index contributed by atoms with van der Waals surface area (Å²) in [7, 11) is -1.42. The molecule has 0 amide bonds. The molecule has 0 aliphatic heterocycles. The monoisotopic (exact) mass is 228 g/mol. The van der Waals surface area contributed by atoms with E-state index in [2.05, 4.69) is 53.4 Å². The van der Waals surface area contributed by atoms with Gasteiger partial charge in [-0.3, -0.25) is 9.97 Å². The average molecular weight is 228 g/mol. The third-order valence-corrected chi connectivity index (χ3v) is 5.94. The minimum atomic E-state index is -1.42. The van der Waals surface area contributed by atoms with Crippen LogP contribution in [0, 0.1) is 0 Å². The van der Waals surface area contributed by atoms with E-state index >= 15 is 0 Å². The van der Waals surface area contributed by atoms with Crippen molar-refractivity contribution in [3.05, 3.63) is 54.6 Å². The zero-order valence-electron chi connectivity index (χ0n) is 9.72. The van der Waals surface area contributed by atoms with Crippen LogP contribution in [0.1, 0.15) is 5.69 Å². The van der Waals surface area contributed by atoms with Gasteiger partial charge in [0.2, 0.25) is 0 Å². The van der Waals surface area contributed by atoms with Gasteiger partial charge in [0.05, 0.1) is 13.8 Å². The zero-order chi connectivity index (χ0) is 11.4. The molecule has 0 N–H and O–H groups in total. The second kappa shape index (κ2) is 4.57. The van der Waals surface area contributed by atoms with Gasteiger partial charge in [0, 0.05) is 18.6 Å². The lowest BCUT2D eigenvalue weighted by atomic mass is 10.4. The number of nitrogens with zero attached hydrogens (tertiary/aromatic N) is 2. The molecule has 2 aromatic rings. The van der Waals surface area contributed by atoms with Crippen LogP contribution in [0.25, 0.3) is 0 Å². The summed E-state index contributed by atoms with van der Waals surface area (Å²) in [5.74, 6) is 0. The average Bonchev–Trinajstić information content (AvgIpc) is 2.31. The Kier molecular flexibility index (Phi) is 3.15. The minimum absolute atomic E-state index is 1.05. The van der Waals surface area contributed by atoms with Crippen LogP contribution in [-0.2, 0) is 6.04 Å². The summed E-state index contributed by atoms with van der Waals surface area (Å²) in [6, 6.07) is 11.8. The maximum absolute atomic E-state index is 4.36. The molecule has 16 heavy (non-hydrogen) atoms. The van der Waals surface area contributed by atoms with Crippen molar-refractivity contribution in [1.82, 2.24) is 9.97 Å². The third-order valence-electron chi connectivity index (χ3n) is 2.79. The predicted octanol–water partition coefficient (Wildman–Crippen LogP) is 2.17. The lowest BCUT2D eigenvalue weighted by Crippen LogP contribution is -2.44. The van der Waals surface area contributed by atoms with Crippen LogP contribution in [0.15, 0.2) is 48.9 Å². The fourth-order valence-corrected chi connectivity index (χ4v) is 4.25. The Bertz CT molecular complexity index is 440. The number of hydrogen-bond donors (Lipinski definition) is 0. The molecular formula is C13H16N2Si. The smallest absolute Gasteiger partial charge is 0.0865 e. The van der Waals surface area contributed by atoms with Crippen LogP contribution < -0.4 is 5.19 Å². The molecule has 3 heteroatoms. The van der Waals surface area contributed by atoms with Gasteiger partial charge in [-0.2, -0.15) is 0 Å². The molecular weight excluding hydrogens is 212 g/mol. The van der Waals surface area contributed by atoms with Crippen molar-refractivity contribution in [2.45, 2.75) is 19.1 Å². The molecule has 1 aromatic heterocycles. The highest BCUT2D eigenvalue weighted by Crippen LogP contribution is 2.09. The molecule has 0 unspecified atom stereocenters. The second-order valence-corrected chi connectivity index (χ2v) is 9.32. The normalized spacial score (nSPS) is 11.4. The Hall–Kier alpha value is -1.48. The van der Waals surface area contributed by atoms with Crippen molar-refractivity contribution < 1.29 is 0 Å². The third kappa shape index (κ3) is 2.55. The predicted molar refractivity (Wildman–Crippen MR) is 69.3 cm³/mol. The second-order valence-electron chi connectivity index (χ2n) is 4.62. The van der Waals surface area contributed by atoms with E-state index in [0.717, 1.165) is 11.7 Å². The quantitative estimate of drug-likeness (QED) is 0.753. The molecule has 0 saturated heterocycles. The molecule has 82 valence electrons. The molecule has 2 nitrogen and oxygen atoms in total. The van der Waals surface area contributed by atoms with E-state index in [-0.39, 0.29) is 0 Å². The van der Waals surface area contributed by atoms with E-state index in [1.807, 2.05) is 6.20 Å². The summed E-state index contributed by atoms with van der Waals surface area (Å²) in [6.45, 7) is 4.74. The van der Waals surface area contributed by atoms with Crippen LogP contribution in [0.3, 0.4) is 0 Å². The van der Waals surface area contributed by atoms with E-state index in [0.29, 0.717) is 0 Å². The lowest BCUT2D eigenvalue weighted by molar-refractivity contribution is 1.08. The van der Waals surface area contributed by atoms with Crippen molar-refractivity contribution in [3.63, 3.8) is 0 Å². The summed E-state index contributed by atoms with van der Waals surface area (Å²) in [6.07, 6.45) is 5.36. The number of rotatable bonds is 3. The summed E-state index contributed by atoms with van der Waals surface area (Å²) in [5.41, 5.74) is 1.10. The van der Waals surface area contributed by atoms with E-state index in [1.165, 1.54) is 5.19 Å². The first-order valence-electron chi connectivity index (χ1n) is 5.49. The van der Waals surface area contributed by atoms with E-state index in [9.17, 15) is 0 Å². The SMILES string of the molecule is C[Si](C)(Cc1cnccn1)c1ccccc1. The fourth-order valence-electron chi connectivity index (χ4n) is 1.87. The Labute approximate surface area is 97.4 Å². The summed E-state index contributed by atoms with van der Waals surface area (Å²) in [4.78, 5) is 8.48. The largest absolute Gasteiger partial charge is 0.261 e. The van der Waals surface area contributed by atoms with Gasteiger partial charge in [0.15, 0.2) is 0 Å². The van der Waals surface area contributed by atoms with Gasteiger partial charge in [-0.15, -0.1) is 0 Å². The van der Waals surface area contributed by atoms with Gasteiger partial charge in [-0.05, 0) is 6.04 Å². The molecule has 1 aromatic carbocycles. The van der Waals surface area contributed by atoms with Gasteiger partial charge in [-0.25, -0.2) is 0 Å². The first-order chi connectivity index (χ1) is 7.68. The van der Waals surface area contributed by atoms with Crippen molar-refractivity contribution in [2.75, 3.05) is 0 Å². The molecule has 0 fully saturated rings. The van der Waals surface area contributed by atoms with Crippen LogP contribution in [0.2, 0.25) is 13.1 Å². The number of benzene rings is 1. The Morgan fingerprint density at radius 3 is 2.44 bits per heavy atom. The van der Waals surface area contributed by atoms with E-state index in [1.54, 1.807) is 12.4 Å². The summed E-state index contributed by atoms with van der Waals surface area (Å²) >= 11 is 0. The fraction of sp³-hybridized carbons (Fsp3) is 0.231. The van der Waals surface area contributed by atoms with Crippen molar-refractivity contribution >= 4 is 13.3 Å². The van der Waals surface area contributed by atoms with Gasteiger partial charge in [0.25, 0.3) is 0 Å². The highest BCUT2D eigenvalue weighted by molar-refractivity contribution is 6.89. The van der Waals surface area contributed by atoms with Crippen molar-refractivity contribution in [3.8, 4) is 0 Å². The molecule has 0 radical (unpaired) electrons. The molecule has 0 atom stereocenters. The first kappa shape index (κ1) is 11.0. The molecule has 0 saturated carbocycles. The maximum atomic E-state index is 4.36. The summed E-state index contributed by atoms with van der Waals surface area (Å²) in [5, 5.41) is 1.47. The van der Waals surface area contributed by atoms with Gasteiger partial charge in [0.1, 0.15) is 0 Å². The van der Waals surface area contributed by atoms with E-state index < -0.39 is 8.07 Å². The van der Waals surface area contributed by atoms with Gasteiger partial charge < -0.3 is 0 Å². The Morgan fingerprint density at radius 1 is 1.06 bits per heavy atom. The molecule has 0 aliphatic rings. The van der Waals surface area contributed by atoms with Crippen LogP contribution in [0.5, 0.6) is 0 Å². The highest BCUT2D eigenvalue weighted by Gasteiger charge is 2.23. The first-order valence-corrected chi connectivity index (χ1v) is 8.70. The Morgan fingerprint density at radius 2 is 1.81 bits per heavy atom. The molecule has 0 spiro atoms. The van der Waals surface area contributed by atoms with Crippen LogP contribution >= 0.6 is 0 Å². The Balaban J connectivity index is 2.21. The topological polar surface area (TPSA) is 25.8 Å². The van der Waals surface area contributed by atoms with Crippen LogP contribution in [0.4, 0.5) is 0 Å².